The molecule has 0 saturated carbocycles. The Morgan fingerprint density at radius 3 is 2.82 bits per heavy atom. The number of aliphatic hydroxyl groups excluding tert-OH is 1. The van der Waals surface area contributed by atoms with Gasteiger partial charge in [-0.1, -0.05) is 0 Å². The number of nitrogens with one attached hydrogen (secondary N) is 1. The average Bonchev–Trinajstić information content (AvgIpc) is 2.79. The minimum atomic E-state index is -3.72. The zero-order valence-corrected chi connectivity index (χ0v) is 10.1. The van der Waals surface area contributed by atoms with Gasteiger partial charge >= 0.3 is 0 Å². The molecule has 90 valence electrons. The van der Waals surface area contributed by atoms with Gasteiger partial charge in [-0.25, -0.2) is 18.1 Å². The molecule has 17 heavy (non-hydrogen) atoms. The molecule has 9 heteroatoms. The van der Waals surface area contributed by atoms with Crippen LogP contribution in [0.4, 0.5) is 5.95 Å². The first-order valence-electron chi connectivity index (χ1n) is 4.46. The molecule has 2 heterocycles. The average molecular weight is 272 g/mol. The maximum atomic E-state index is 11.8. The summed E-state index contributed by atoms with van der Waals surface area (Å²) in [5.74, 6) is -0.0933. The van der Waals surface area contributed by atoms with Gasteiger partial charge in [0.05, 0.1) is 23.9 Å². The lowest BCUT2D eigenvalue weighted by Gasteiger charge is -2.02. The monoisotopic (exact) mass is 272 g/mol. The molecule has 2 N–H and O–H groups in total. The van der Waals surface area contributed by atoms with E-state index in [0.29, 0.717) is 4.88 Å². The summed E-state index contributed by atoms with van der Waals surface area (Å²) in [5, 5.41) is 17.3. The van der Waals surface area contributed by atoms with Gasteiger partial charge < -0.3 is 5.11 Å². The molecule has 0 aliphatic heterocycles. The van der Waals surface area contributed by atoms with Gasteiger partial charge in [0.1, 0.15) is 0 Å². The van der Waals surface area contributed by atoms with Crippen molar-refractivity contribution in [2.75, 3.05) is 4.72 Å². The van der Waals surface area contributed by atoms with E-state index in [1.807, 2.05) is 0 Å². The number of rotatable bonds is 4. The normalized spacial score (nSPS) is 11.4. The largest absolute Gasteiger partial charge is 0.391 e. The Kier molecular flexibility index (Phi) is 3.31. The zero-order chi connectivity index (χ0) is 12.3. The van der Waals surface area contributed by atoms with Gasteiger partial charge in [0.2, 0.25) is 0 Å². The van der Waals surface area contributed by atoms with Gasteiger partial charge in [0.25, 0.3) is 16.0 Å². The van der Waals surface area contributed by atoms with E-state index in [2.05, 4.69) is 19.9 Å². The van der Waals surface area contributed by atoms with Crippen LogP contribution in [0.5, 0.6) is 0 Å². The number of hydrogen-bond acceptors (Lipinski definition) is 7. The first-order valence-corrected chi connectivity index (χ1v) is 6.83. The molecule has 0 aliphatic rings. The number of hydrogen-bond donors (Lipinski definition) is 2. The molecule has 0 fully saturated rings. The number of aliphatic hydroxyl groups is 1. The van der Waals surface area contributed by atoms with Crippen molar-refractivity contribution in [2.24, 2.45) is 0 Å². The van der Waals surface area contributed by atoms with Gasteiger partial charge in [-0.05, 0) is 6.07 Å². The van der Waals surface area contributed by atoms with Crippen LogP contribution in [-0.4, -0.2) is 28.7 Å². The van der Waals surface area contributed by atoms with Gasteiger partial charge in [-0.3, -0.25) is 0 Å². The highest BCUT2D eigenvalue weighted by Crippen LogP contribution is 2.20. The van der Waals surface area contributed by atoms with E-state index in [1.165, 1.54) is 23.8 Å². The molecule has 0 aliphatic carbocycles. The Morgan fingerprint density at radius 1 is 1.41 bits per heavy atom. The number of nitrogens with zero attached hydrogens (tertiary/aromatic N) is 3. The molecule has 0 atom stereocenters. The molecule has 0 bridgehead atoms. The fraction of sp³-hybridized carbons (Fsp3) is 0.125. The molecule has 0 radical (unpaired) electrons. The van der Waals surface area contributed by atoms with Crippen LogP contribution in [0.3, 0.4) is 0 Å². The molecule has 0 spiro atoms. The van der Waals surface area contributed by atoms with E-state index < -0.39 is 10.0 Å². The van der Waals surface area contributed by atoms with E-state index in [1.54, 1.807) is 0 Å². The molecule has 0 unspecified atom stereocenters. The third kappa shape index (κ3) is 2.75. The van der Waals surface area contributed by atoms with Crippen molar-refractivity contribution < 1.29 is 13.5 Å². The number of thiophene rings is 1. The lowest BCUT2D eigenvalue weighted by molar-refractivity contribution is 0.285. The van der Waals surface area contributed by atoms with Crippen LogP contribution in [0, 0.1) is 0 Å². The van der Waals surface area contributed by atoms with Crippen molar-refractivity contribution in [1.82, 2.24) is 15.2 Å². The minimum Gasteiger partial charge on any atom is -0.391 e. The fourth-order valence-electron chi connectivity index (χ4n) is 1.06. The van der Waals surface area contributed by atoms with Crippen LogP contribution in [0.1, 0.15) is 4.88 Å². The van der Waals surface area contributed by atoms with E-state index in [9.17, 15) is 8.42 Å². The molecule has 2 aromatic heterocycles. The SMILES string of the molecule is O=S(=O)(Nc1nccnn1)c1csc(CO)c1. The summed E-state index contributed by atoms with van der Waals surface area (Å²) >= 11 is 1.16. The summed E-state index contributed by atoms with van der Waals surface area (Å²) in [6, 6.07) is 1.39. The quantitative estimate of drug-likeness (QED) is 0.825. The van der Waals surface area contributed by atoms with Crippen LogP contribution in [0.2, 0.25) is 0 Å². The summed E-state index contributed by atoms with van der Waals surface area (Å²) in [5.41, 5.74) is 0. The van der Waals surface area contributed by atoms with Crippen molar-refractivity contribution in [3.05, 3.63) is 28.7 Å². The van der Waals surface area contributed by atoms with Crippen molar-refractivity contribution in [3.63, 3.8) is 0 Å². The summed E-state index contributed by atoms with van der Waals surface area (Å²) in [6.45, 7) is -0.191. The highest BCUT2D eigenvalue weighted by Gasteiger charge is 2.17. The van der Waals surface area contributed by atoms with E-state index in [4.69, 9.17) is 5.11 Å². The van der Waals surface area contributed by atoms with Gasteiger partial charge in [-0.15, -0.1) is 16.4 Å². The minimum absolute atomic E-state index is 0.0685. The Hall–Kier alpha value is -1.58. The van der Waals surface area contributed by atoms with Crippen molar-refractivity contribution in [1.29, 1.82) is 0 Å². The third-order valence-electron chi connectivity index (χ3n) is 1.80. The predicted octanol–water partition coefficient (Wildman–Crippen LogP) is 0.226. The number of sulfonamides is 1. The van der Waals surface area contributed by atoms with Crippen LogP contribution >= 0.6 is 11.3 Å². The second-order valence-electron chi connectivity index (χ2n) is 2.98. The predicted molar refractivity (Wildman–Crippen MR) is 60.9 cm³/mol. The Labute approximate surface area is 101 Å². The molecule has 0 aromatic carbocycles. The molecular formula is C8H8N4O3S2. The molecular weight excluding hydrogens is 264 g/mol. The summed E-state index contributed by atoms with van der Waals surface area (Å²) in [4.78, 5) is 4.34. The molecule has 2 rings (SSSR count). The van der Waals surface area contributed by atoms with Crippen LogP contribution in [0.15, 0.2) is 28.7 Å². The van der Waals surface area contributed by atoms with Crippen LogP contribution in [0.25, 0.3) is 0 Å². The van der Waals surface area contributed by atoms with Crippen molar-refractivity contribution in [2.45, 2.75) is 11.5 Å². The second kappa shape index (κ2) is 4.73. The highest BCUT2D eigenvalue weighted by molar-refractivity contribution is 7.92. The maximum Gasteiger partial charge on any atom is 0.265 e. The second-order valence-corrected chi connectivity index (χ2v) is 5.66. The summed E-state index contributed by atoms with van der Waals surface area (Å²) in [7, 11) is -3.72. The van der Waals surface area contributed by atoms with Crippen molar-refractivity contribution in [3.8, 4) is 0 Å². The van der Waals surface area contributed by atoms with Gasteiger partial charge in [-0.2, -0.15) is 5.10 Å². The number of aromatic nitrogens is 3. The Morgan fingerprint density at radius 2 is 2.24 bits per heavy atom. The summed E-state index contributed by atoms with van der Waals surface area (Å²) in [6.07, 6.45) is 2.67. The Bertz CT molecular complexity index is 596. The third-order valence-corrected chi connectivity index (χ3v) is 4.18. The van der Waals surface area contributed by atoms with Gasteiger partial charge in [0, 0.05) is 10.3 Å². The lowest BCUT2D eigenvalue weighted by atomic mass is 10.5. The highest BCUT2D eigenvalue weighted by atomic mass is 32.2. The summed E-state index contributed by atoms with van der Waals surface area (Å²) < 4.78 is 25.9. The Balaban J connectivity index is 2.25. The number of anilines is 1. The fourth-order valence-corrected chi connectivity index (χ4v) is 3.14. The molecule has 0 saturated heterocycles. The van der Waals surface area contributed by atoms with Gasteiger partial charge in [0.15, 0.2) is 0 Å². The molecule has 7 nitrogen and oxygen atoms in total. The van der Waals surface area contributed by atoms with Crippen molar-refractivity contribution >= 4 is 27.3 Å². The molecule has 0 amide bonds. The first-order chi connectivity index (χ1) is 8.12. The van der Waals surface area contributed by atoms with Crippen LogP contribution < -0.4 is 4.72 Å². The molecule has 2 aromatic rings. The van der Waals surface area contributed by atoms with E-state index in [0.717, 1.165) is 11.3 Å². The van der Waals surface area contributed by atoms with Crippen LogP contribution in [-0.2, 0) is 16.6 Å². The first kappa shape index (κ1) is 11.9. The van der Waals surface area contributed by atoms with E-state index in [-0.39, 0.29) is 17.5 Å². The topological polar surface area (TPSA) is 105 Å². The smallest absolute Gasteiger partial charge is 0.265 e. The zero-order valence-electron chi connectivity index (χ0n) is 8.44. The maximum absolute atomic E-state index is 11.8. The van der Waals surface area contributed by atoms with E-state index >= 15 is 0 Å². The lowest BCUT2D eigenvalue weighted by Crippen LogP contribution is -2.14. The standard InChI is InChI=1S/C8H8N4O3S2/c13-4-6-3-7(5-16-6)17(14,15)12-8-9-1-2-10-11-8/h1-3,5,13H,4H2,(H,9,11,12).